The summed E-state index contributed by atoms with van der Waals surface area (Å²) in [4.78, 5) is 0. The molecule has 2 nitrogen and oxygen atoms in total. The summed E-state index contributed by atoms with van der Waals surface area (Å²) < 4.78 is 11.8. The van der Waals surface area contributed by atoms with E-state index in [2.05, 4.69) is 97.0 Å². The topological polar surface area (TPSA) is 18.5 Å². The van der Waals surface area contributed by atoms with Gasteiger partial charge >= 0.3 is 0 Å². The lowest BCUT2D eigenvalue weighted by Crippen LogP contribution is -2.23. The van der Waals surface area contributed by atoms with Crippen molar-refractivity contribution >= 4 is 0 Å². The minimum absolute atomic E-state index is 0.222. The van der Waals surface area contributed by atoms with Gasteiger partial charge in [0.05, 0.1) is 6.61 Å². The summed E-state index contributed by atoms with van der Waals surface area (Å²) in [6.45, 7) is 18.5. The maximum atomic E-state index is 5.96. The molecule has 0 bridgehead atoms. The van der Waals surface area contributed by atoms with Gasteiger partial charge in [-0.15, -0.1) is 0 Å². The van der Waals surface area contributed by atoms with Crippen molar-refractivity contribution in [3.8, 4) is 5.75 Å². The maximum Gasteiger partial charge on any atom is 0.197 e. The van der Waals surface area contributed by atoms with E-state index in [1.807, 2.05) is 6.92 Å². The quantitative estimate of drug-likeness (QED) is 0.461. The highest BCUT2D eigenvalue weighted by Crippen LogP contribution is 2.43. The predicted molar refractivity (Wildman–Crippen MR) is 119 cm³/mol. The first kappa shape index (κ1) is 22.5. The van der Waals surface area contributed by atoms with Gasteiger partial charge in [0.15, 0.2) is 6.29 Å². The minimum Gasteiger partial charge on any atom is -0.465 e. The maximum absolute atomic E-state index is 5.96. The van der Waals surface area contributed by atoms with Crippen molar-refractivity contribution in [2.45, 2.75) is 80.6 Å². The fourth-order valence-electron chi connectivity index (χ4n) is 3.44. The number of benzene rings is 2. The Kier molecular flexibility index (Phi) is 7.33. The average Bonchev–Trinajstić information content (AvgIpc) is 2.58. The first-order valence-electron chi connectivity index (χ1n) is 10.4. The van der Waals surface area contributed by atoms with Gasteiger partial charge in [0.25, 0.3) is 0 Å². The Morgan fingerprint density at radius 1 is 0.821 bits per heavy atom. The molecule has 0 saturated carbocycles. The van der Waals surface area contributed by atoms with E-state index in [4.69, 9.17) is 9.47 Å². The van der Waals surface area contributed by atoms with Crippen molar-refractivity contribution in [3.05, 3.63) is 65.2 Å². The Hall–Kier alpha value is -1.80. The molecule has 2 heteroatoms. The largest absolute Gasteiger partial charge is 0.465 e. The van der Waals surface area contributed by atoms with Gasteiger partial charge in [-0.25, -0.2) is 0 Å². The molecule has 0 spiro atoms. The molecule has 0 aliphatic rings. The van der Waals surface area contributed by atoms with Crippen molar-refractivity contribution < 1.29 is 9.47 Å². The Morgan fingerprint density at radius 3 is 1.89 bits per heavy atom. The third-order valence-corrected chi connectivity index (χ3v) is 5.05. The fourth-order valence-corrected chi connectivity index (χ4v) is 3.44. The Balaban J connectivity index is 1.97. The molecule has 2 atom stereocenters. The Bertz CT molecular complexity index is 715. The smallest absolute Gasteiger partial charge is 0.197 e. The highest BCUT2D eigenvalue weighted by molar-refractivity contribution is 5.30. The van der Waals surface area contributed by atoms with Gasteiger partial charge in [0.2, 0.25) is 0 Å². The van der Waals surface area contributed by atoms with Gasteiger partial charge in [0, 0.05) is 0 Å². The fraction of sp³-hybridized carbons (Fsp3) is 0.538. The number of hydrogen-bond acceptors (Lipinski definition) is 2. The lowest BCUT2D eigenvalue weighted by Gasteiger charge is -2.36. The summed E-state index contributed by atoms with van der Waals surface area (Å²) in [5.41, 5.74) is 4.31. The summed E-state index contributed by atoms with van der Waals surface area (Å²) in [7, 11) is 0. The van der Waals surface area contributed by atoms with Crippen molar-refractivity contribution in [1.82, 2.24) is 0 Å². The van der Waals surface area contributed by atoms with Crippen LogP contribution in [0, 0.1) is 17.8 Å². The third-order valence-electron chi connectivity index (χ3n) is 5.05. The summed E-state index contributed by atoms with van der Waals surface area (Å²) in [6, 6.07) is 17.0. The van der Waals surface area contributed by atoms with Gasteiger partial charge in [0.1, 0.15) is 5.75 Å². The number of hydrogen-bond donors (Lipinski definition) is 0. The van der Waals surface area contributed by atoms with Crippen molar-refractivity contribution in [3.63, 3.8) is 0 Å². The van der Waals surface area contributed by atoms with Crippen LogP contribution in [0.15, 0.2) is 48.5 Å². The normalized spacial score (nSPS) is 14.6. The average molecular weight is 383 g/mol. The Labute approximate surface area is 172 Å². The van der Waals surface area contributed by atoms with Crippen LogP contribution in [0.3, 0.4) is 0 Å². The van der Waals surface area contributed by atoms with Crippen LogP contribution in [0.2, 0.25) is 0 Å². The molecule has 2 rings (SSSR count). The molecular weight excluding hydrogens is 344 g/mol. The Morgan fingerprint density at radius 2 is 1.39 bits per heavy atom. The van der Waals surface area contributed by atoms with E-state index in [-0.39, 0.29) is 11.7 Å². The second-order valence-corrected chi connectivity index (χ2v) is 10.2. The van der Waals surface area contributed by atoms with Crippen LogP contribution in [-0.4, -0.2) is 6.29 Å². The summed E-state index contributed by atoms with van der Waals surface area (Å²) in [6.07, 6.45) is 0.868. The van der Waals surface area contributed by atoms with E-state index in [0.717, 1.165) is 17.7 Å². The second-order valence-electron chi connectivity index (χ2n) is 10.2. The van der Waals surface area contributed by atoms with Gasteiger partial charge in [-0.2, -0.15) is 0 Å². The van der Waals surface area contributed by atoms with Crippen molar-refractivity contribution in [2.75, 3.05) is 0 Å². The molecule has 0 aliphatic heterocycles. The number of ether oxygens (including phenoxy) is 2. The monoisotopic (exact) mass is 382 g/mol. The molecule has 0 heterocycles. The van der Waals surface area contributed by atoms with E-state index >= 15 is 0 Å². The SMILES string of the molecule is Cc1ccc(COC(C)Oc2ccc([C@@H](CC(C)(C)C)C(C)(C)C)cc2)cc1. The number of rotatable bonds is 7. The zero-order chi connectivity index (χ0) is 20.9. The molecule has 2 aromatic carbocycles. The van der Waals surface area contributed by atoms with Crippen LogP contribution in [-0.2, 0) is 11.3 Å². The van der Waals surface area contributed by atoms with Gasteiger partial charge < -0.3 is 9.47 Å². The van der Waals surface area contributed by atoms with Crippen LogP contribution in [0.25, 0.3) is 0 Å². The van der Waals surface area contributed by atoms with Crippen LogP contribution in [0.4, 0.5) is 0 Å². The zero-order valence-corrected chi connectivity index (χ0v) is 19.0. The first-order valence-corrected chi connectivity index (χ1v) is 10.4. The van der Waals surface area contributed by atoms with E-state index < -0.39 is 0 Å². The van der Waals surface area contributed by atoms with Crippen LogP contribution >= 0.6 is 0 Å². The molecule has 1 unspecified atom stereocenters. The molecule has 28 heavy (non-hydrogen) atoms. The molecule has 0 aliphatic carbocycles. The van der Waals surface area contributed by atoms with Crippen LogP contribution in [0.5, 0.6) is 5.75 Å². The standard InChI is InChI=1S/C26H38O2/c1-19-9-11-21(12-10-19)18-27-20(2)28-23-15-13-22(14-16-23)24(26(6,7)8)17-25(3,4)5/h9-16,20,24H,17-18H2,1-8H3/t20?,24-/m1/s1. The first-order chi connectivity index (χ1) is 12.9. The van der Waals surface area contributed by atoms with Gasteiger partial charge in [-0.1, -0.05) is 83.5 Å². The summed E-state index contributed by atoms with van der Waals surface area (Å²) in [5, 5.41) is 0. The van der Waals surface area contributed by atoms with Gasteiger partial charge in [-0.05, 0) is 60.3 Å². The molecule has 154 valence electrons. The lowest BCUT2D eigenvalue weighted by molar-refractivity contribution is -0.0759. The molecule has 0 radical (unpaired) electrons. The van der Waals surface area contributed by atoms with E-state index in [1.165, 1.54) is 11.1 Å². The molecule has 0 N–H and O–H groups in total. The van der Waals surface area contributed by atoms with Gasteiger partial charge in [-0.3, -0.25) is 0 Å². The molecule has 0 amide bonds. The zero-order valence-electron chi connectivity index (χ0n) is 19.0. The molecule has 0 aromatic heterocycles. The number of aryl methyl sites for hydroxylation is 1. The molecule has 2 aromatic rings. The highest BCUT2D eigenvalue weighted by Gasteiger charge is 2.30. The highest BCUT2D eigenvalue weighted by atomic mass is 16.7. The van der Waals surface area contributed by atoms with Crippen molar-refractivity contribution in [1.29, 1.82) is 0 Å². The minimum atomic E-state index is -0.292. The third kappa shape index (κ3) is 7.31. The van der Waals surface area contributed by atoms with Crippen LogP contribution < -0.4 is 4.74 Å². The molecular formula is C26H38O2. The summed E-state index contributed by atoms with van der Waals surface area (Å²) in [5.74, 6) is 1.36. The predicted octanol–water partition coefficient (Wildman–Crippen LogP) is 7.50. The summed E-state index contributed by atoms with van der Waals surface area (Å²) >= 11 is 0. The molecule has 0 fully saturated rings. The van der Waals surface area contributed by atoms with E-state index in [9.17, 15) is 0 Å². The van der Waals surface area contributed by atoms with Crippen LogP contribution in [0.1, 0.15) is 77.5 Å². The molecule has 0 saturated heterocycles. The van der Waals surface area contributed by atoms with E-state index in [1.54, 1.807) is 0 Å². The van der Waals surface area contributed by atoms with Crippen molar-refractivity contribution in [2.24, 2.45) is 10.8 Å². The second kappa shape index (κ2) is 9.13. The lowest BCUT2D eigenvalue weighted by atomic mass is 9.69. The van der Waals surface area contributed by atoms with E-state index in [0.29, 0.717) is 17.9 Å².